The number of alkyl halides is 1. The van der Waals surface area contributed by atoms with Crippen LogP contribution in [0.4, 0.5) is 0 Å². The van der Waals surface area contributed by atoms with E-state index in [4.69, 9.17) is 16.3 Å². The molecule has 0 aliphatic heterocycles. The first-order valence-electron chi connectivity index (χ1n) is 5.35. The fraction of sp³-hybridized carbons (Fsp3) is 0.333. The van der Waals surface area contributed by atoms with Gasteiger partial charge in [-0.2, -0.15) is 0 Å². The van der Waals surface area contributed by atoms with E-state index in [2.05, 4.69) is 10.3 Å². The number of hydrogen-bond donors (Lipinski definition) is 0. The van der Waals surface area contributed by atoms with Crippen LogP contribution in [0.1, 0.15) is 23.6 Å². The molecule has 2 aromatic rings. The van der Waals surface area contributed by atoms with Crippen molar-refractivity contribution in [2.45, 2.75) is 18.9 Å². The second-order valence-corrected chi connectivity index (χ2v) is 4.46. The summed E-state index contributed by atoms with van der Waals surface area (Å²) in [4.78, 5) is 0. The first-order chi connectivity index (χ1) is 8.20. The summed E-state index contributed by atoms with van der Waals surface area (Å²) < 4.78 is 6.81. The standard InChI is InChI=1S/C12H14ClN3O/c1-9(13)12-7-16(15-14-12)11-5-3-4-10(6-11)8-17-2/h3-7,9H,8H2,1-2H3. The van der Waals surface area contributed by atoms with E-state index >= 15 is 0 Å². The summed E-state index contributed by atoms with van der Waals surface area (Å²) in [6.45, 7) is 2.46. The molecule has 1 unspecified atom stereocenters. The largest absolute Gasteiger partial charge is 0.380 e. The zero-order valence-electron chi connectivity index (χ0n) is 9.80. The van der Waals surface area contributed by atoms with Gasteiger partial charge in [0.2, 0.25) is 0 Å². The Hall–Kier alpha value is -1.39. The fourth-order valence-corrected chi connectivity index (χ4v) is 1.64. The summed E-state index contributed by atoms with van der Waals surface area (Å²) in [5.74, 6) is 0. The van der Waals surface area contributed by atoms with Crippen molar-refractivity contribution in [3.8, 4) is 5.69 Å². The van der Waals surface area contributed by atoms with Crippen molar-refractivity contribution >= 4 is 11.6 Å². The van der Waals surface area contributed by atoms with Gasteiger partial charge in [0.1, 0.15) is 5.69 Å². The van der Waals surface area contributed by atoms with Crippen LogP contribution in [-0.2, 0) is 11.3 Å². The van der Waals surface area contributed by atoms with Crippen molar-refractivity contribution in [2.75, 3.05) is 7.11 Å². The highest BCUT2D eigenvalue weighted by Crippen LogP contribution is 2.17. The predicted molar refractivity (Wildman–Crippen MR) is 66.3 cm³/mol. The topological polar surface area (TPSA) is 39.9 Å². The lowest BCUT2D eigenvalue weighted by molar-refractivity contribution is 0.185. The highest BCUT2D eigenvalue weighted by atomic mass is 35.5. The van der Waals surface area contributed by atoms with E-state index in [1.54, 1.807) is 11.8 Å². The third kappa shape index (κ3) is 2.84. The van der Waals surface area contributed by atoms with Crippen molar-refractivity contribution < 1.29 is 4.74 Å². The molecule has 5 heteroatoms. The zero-order chi connectivity index (χ0) is 12.3. The molecule has 0 fully saturated rings. The van der Waals surface area contributed by atoms with Crippen LogP contribution in [0.5, 0.6) is 0 Å². The van der Waals surface area contributed by atoms with Crippen molar-refractivity contribution in [1.82, 2.24) is 15.0 Å². The summed E-state index contributed by atoms with van der Waals surface area (Å²) in [5.41, 5.74) is 2.82. The molecular formula is C12H14ClN3O. The first kappa shape index (κ1) is 12.1. The maximum atomic E-state index is 5.95. The Kier molecular flexibility index (Phi) is 3.76. The number of methoxy groups -OCH3 is 1. The number of ether oxygens (including phenoxy) is 1. The first-order valence-corrected chi connectivity index (χ1v) is 5.79. The fourth-order valence-electron chi connectivity index (χ4n) is 1.54. The molecular weight excluding hydrogens is 238 g/mol. The lowest BCUT2D eigenvalue weighted by Crippen LogP contribution is -1.96. The van der Waals surface area contributed by atoms with Gasteiger partial charge in [0.25, 0.3) is 0 Å². The van der Waals surface area contributed by atoms with Crippen molar-refractivity contribution in [2.24, 2.45) is 0 Å². The monoisotopic (exact) mass is 251 g/mol. The van der Waals surface area contributed by atoms with Gasteiger partial charge in [-0.05, 0) is 24.6 Å². The van der Waals surface area contributed by atoms with E-state index in [9.17, 15) is 0 Å². The van der Waals surface area contributed by atoms with Gasteiger partial charge in [-0.3, -0.25) is 0 Å². The van der Waals surface area contributed by atoms with Gasteiger partial charge in [0.15, 0.2) is 0 Å². The number of rotatable bonds is 4. The van der Waals surface area contributed by atoms with E-state index in [1.807, 2.05) is 37.4 Å². The van der Waals surface area contributed by atoms with Crippen LogP contribution in [0.2, 0.25) is 0 Å². The third-order valence-electron chi connectivity index (χ3n) is 2.40. The number of benzene rings is 1. The summed E-state index contributed by atoms with van der Waals surface area (Å²) in [6, 6.07) is 7.96. The summed E-state index contributed by atoms with van der Waals surface area (Å²) in [6.07, 6.45) is 1.84. The molecule has 1 aromatic carbocycles. The minimum absolute atomic E-state index is 0.133. The van der Waals surface area contributed by atoms with E-state index in [-0.39, 0.29) is 5.38 Å². The second-order valence-electron chi connectivity index (χ2n) is 3.81. The van der Waals surface area contributed by atoms with Crippen LogP contribution in [-0.4, -0.2) is 22.1 Å². The van der Waals surface area contributed by atoms with Crippen LogP contribution >= 0.6 is 11.6 Å². The molecule has 2 rings (SSSR count). The van der Waals surface area contributed by atoms with Crippen molar-refractivity contribution in [1.29, 1.82) is 0 Å². The smallest absolute Gasteiger partial charge is 0.101 e. The van der Waals surface area contributed by atoms with Crippen molar-refractivity contribution in [3.05, 3.63) is 41.7 Å². The molecule has 0 aliphatic carbocycles. The Morgan fingerprint density at radius 1 is 1.47 bits per heavy atom. The van der Waals surface area contributed by atoms with E-state index in [1.165, 1.54) is 0 Å². The molecule has 1 atom stereocenters. The SMILES string of the molecule is COCc1cccc(-n2cc(C(C)Cl)nn2)c1. The van der Waals surface area contributed by atoms with Gasteiger partial charge in [-0.1, -0.05) is 17.3 Å². The summed E-state index contributed by atoms with van der Waals surface area (Å²) in [5, 5.41) is 7.93. The van der Waals surface area contributed by atoms with Crippen LogP contribution < -0.4 is 0 Å². The molecule has 0 radical (unpaired) electrons. The van der Waals surface area contributed by atoms with Gasteiger partial charge in [-0.25, -0.2) is 4.68 Å². The second kappa shape index (κ2) is 5.29. The molecule has 0 bridgehead atoms. The molecule has 0 spiro atoms. The van der Waals surface area contributed by atoms with Gasteiger partial charge in [0, 0.05) is 7.11 Å². The minimum atomic E-state index is -0.133. The molecule has 0 N–H and O–H groups in total. The molecule has 1 heterocycles. The Bertz CT molecular complexity index is 496. The van der Waals surface area contributed by atoms with Crippen molar-refractivity contribution in [3.63, 3.8) is 0 Å². The van der Waals surface area contributed by atoms with Gasteiger partial charge < -0.3 is 4.74 Å². The number of nitrogens with zero attached hydrogens (tertiary/aromatic N) is 3. The average molecular weight is 252 g/mol. The highest BCUT2D eigenvalue weighted by Gasteiger charge is 2.07. The Morgan fingerprint density at radius 3 is 2.94 bits per heavy atom. The quantitative estimate of drug-likeness (QED) is 0.785. The van der Waals surface area contributed by atoms with E-state index in [0.29, 0.717) is 6.61 Å². The molecule has 0 saturated carbocycles. The number of aromatic nitrogens is 3. The summed E-state index contributed by atoms with van der Waals surface area (Å²) >= 11 is 5.95. The predicted octanol–water partition coefficient (Wildman–Crippen LogP) is 2.71. The molecule has 17 heavy (non-hydrogen) atoms. The Balaban J connectivity index is 2.28. The third-order valence-corrected chi connectivity index (χ3v) is 2.63. The highest BCUT2D eigenvalue weighted by molar-refractivity contribution is 6.20. The van der Waals surface area contributed by atoms with Crippen LogP contribution in [0, 0.1) is 0 Å². The molecule has 90 valence electrons. The normalized spacial score (nSPS) is 12.6. The minimum Gasteiger partial charge on any atom is -0.380 e. The molecule has 0 saturated heterocycles. The maximum Gasteiger partial charge on any atom is 0.101 e. The van der Waals surface area contributed by atoms with E-state index < -0.39 is 0 Å². The average Bonchev–Trinajstić information content (AvgIpc) is 2.79. The lowest BCUT2D eigenvalue weighted by Gasteiger charge is -2.03. The Labute approximate surface area is 105 Å². The van der Waals surface area contributed by atoms with Crippen LogP contribution in [0.15, 0.2) is 30.5 Å². The van der Waals surface area contributed by atoms with E-state index in [0.717, 1.165) is 16.9 Å². The summed E-state index contributed by atoms with van der Waals surface area (Å²) in [7, 11) is 1.68. The maximum absolute atomic E-state index is 5.95. The number of halogens is 1. The van der Waals surface area contributed by atoms with Gasteiger partial charge in [0.05, 0.1) is 23.9 Å². The van der Waals surface area contributed by atoms with Crippen LogP contribution in [0.3, 0.4) is 0 Å². The van der Waals surface area contributed by atoms with Gasteiger partial charge >= 0.3 is 0 Å². The molecule has 0 amide bonds. The molecule has 0 aliphatic rings. The number of hydrogen-bond acceptors (Lipinski definition) is 3. The zero-order valence-corrected chi connectivity index (χ0v) is 10.6. The lowest BCUT2D eigenvalue weighted by atomic mass is 10.2. The molecule has 1 aromatic heterocycles. The Morgan fingerprint density at radius 2 is 2.29 bits per heavy atom. The van der Waals surface area contributed by atoms with Gasteiger partial charge in [-0.15, -0.1) is 16.7 Å². The van der Waals surface area contributed by atoms with Crippen LogP contribution in [0.25, 0.3) is 5.69 Å². The molecule has 4 nitrogen and oxygen atoms in total.